The zero-order valence-corrected chi connectivity index (χ0v) is 21.3. The third-order valence-electron chi connectivity index (χ3n) is 6.25. The van der Waals surface area contributed by atoms with Gasteiger partial charge in [0.15, 0.2) is 12.1 Å². The fraction of sp³-hybridized carbons (Fsp3) is 0. The predicted octanol–water partition coefficient (Wildman–Crippen LogP) is 3.28. The molecule has 0 fully saturated rings. The van der Waals surface area contributed by atoms with Crippen molar-refractivity contribution in [2.75, 3.05) is 0 Å². The Hall–Kier alpha value is -5.62. The quantitative estimate of drug-likeness (QED) is 0.264. The summed E-state index contributed by atoms with van der Waals surface area (Å²) in [5.74, 6) is 0.364. The van der Waals surface area contributed by atoms with Crippen molar-refractivity contribution in [1.82, 2.24) is 75.5 Å². The maximum absolute atomic E-state index is 5.19. The SMILES string of the molecule is c1c[nH]c(-c2c(-c3conn3)c(-c3csnn3)c(-c3c[nH]nn3)c3c(-c4nnn[nH]4)c(-c4ccsn4)nnc23)c1. The number of H-pyrrole nitrogens is 3. The van der Waals surface area contributed by atoms with Crippen molar-refractivity contribution in [3.8, 4) is 67.8 Å². The van der Waals surface area contributed by atoms with Crippen LogP contribution in [0.5, 0.6) is 0 Å². The molecule has 7 heterocycles. The van der Waals surface area contributed by atoms with Gasteiger partial charge in [-0.1, -0.05) is 9.70 Å². The van der Waals surface area contributed by atoms with Crippen LogP contribution in [-0.2, 0) is 0 Å². The molecule has 8 aromatic rings. The molecule has 0 aliphatic rings. The largest absolute Gasteiger partial charge is 0.361 e. The van der Waals surface area contributed by atoms with Gasteiger partial charge in [0.1, 0.15) is 34.0 Å². The molecule has 0 saturated heterocycles. The molecule has 8 rings (SSSR count). The molecule has 0 spiro atoms. The number of aromatic nitrogens is 15. The third-order valence-corrected chi connectivity index (χ3v) is 7.31. The summed E-state index contributed by atoms with van der Waals surface area (Å²) in [5.41, 5.74) is 7.05. The van der Waals surface area contributed by atoms with E-state index < -0.39 is 0 Å². The second-order valence-corrected chi connectivity index (χ2v) is 9.58. The highest BCUT2D eigenvalue weighted by Crippen LogP contribution is 2.51. The van der Waals surface area contributed by atoms with Gasteiger partial charge in [-0.25, -0.2) is 5.10 Å². The molecule has 0 aliphatic heterocycles. The van der Waals surface area contributed by atoms with Gasteiger partial charge in [-0.15, -0.1) is 30.6 Å². The van der Waals surface area contributed by atoms with Gasteiger partial charge in [0.05, 0.1) is 11.8 Å². The molecule has 16 nitrogen and oxygen atoms in total. The standard InChI is InChI=1S/C22H11N15OS2/c1-2-9(23-4-1)17-15(12-7-38-36-26-12)16(13-8-40-37-27-13)14(11-6-24-33-25-11)18-19(22-30-34-35-31-22)20(28-29-21(17)18)10-3-5-39-32-10/h1-8,23H,(H,24,25,33)(H,30,31,34,35). The van der Waals surface area contributed by atoms with E-state index in [1.165, 1.54) is 29.3 Å². The Balaban J connectivity index is 1.68. The molecule has 0 amide bonds. The fourth-order valence-electron chi connectivity index (χ4n) is 4.75. The molecule has 0 aliphatic carbocycles. The van der Waals surface area contributed by atoms with E-state index in [1.54, 1.807) is 6.20 Å². The summed E-state index contributed by atoms with van der Waals surface area (Å²) >= 11 is 2.51. The molecule has 40 heavy (non-hydrogen) atoms. The van der Waals surface area contributed by atoms with Gasteiger partial charge in [-0.2, -0.15) is 4.37 Å². The number of tetrazole rings is 1. The molecule has 0 atom stereocenters. The number of fused-ring (bicyclic) bond motifs is 1. The first-order valence-electron chi connectivity index (χ1n) is 11.5. The van der Waals surface area contributed by atoms with Crippen LogP contribution in [0.15, 0.2) is 52.1 Å². The second-order valence-electron chi connectivity index (χ2n) is 8.30. The molecule has 0 saturated carbocycles. The number of hydrogen-bond donors (Lipinski definition) is 3. The molecule has 18 heteroatoms. The van der Waals surface area contributed by atoms with Gasteiger partial charge < -0.3 is 9.51 Å². The minimum Gasteiger partial charge on any atom is -0.361 e. The maximum Gasteiger partial charge on any atom is 0.182 e. The van der Waals surface area contributed by atoms with E-state index in [2.05, 4.69) is 70.4 Å². The molecule has 7 aromatic heterocycles. The van der Waals surface area contributed by atoms with E-state index in [0.29, 0.717) is 73.0 Å². The van der Waals surface area contributed by atoms with Crippen LogP contribution in [0.3, 0.4) is 0 Å². The van der Waals surface area contributed by atoms with E-state index in [4.69, 9.17) is 9.62 Å². The Labute approximate surface area is 229 Å². The molecule has 192 valence electrons. The maximum atomic E-state index is 5.19. The smallest absolute Gasteiger partial charge is 0.182 e. The fourth-order valence-corrected chi connectivity index (χ4v) is 5.70. The average molecular weight is 566 g/mol. The summed E-state index contributed by atoms with van der Waals surface area (Å²) in [6.45, 7) is 0. The highest BCUT2D eigenvalue weighted by Gasteiger charge is 2.32. The van der Waals surface area contributed by atoms with Crippen LogP contribution in [0.1, 0.15) is 0 Å². The van der Waals surface area contributed by atoms with Crippen molar-refractivity contribution in [1.29, 1.82) is 0 Å². The number of nitrogens with zero attached hydrogens (tertiary/aromatic N) is 12. The van der Waals surface area contributed by atoms with Gasteiger partial charge >= 0.3 is 0 Å². The normalized spacial score (nSPS) is 11.5. The van der Waals surface area contributed by atoms with Crippen molar-refractivity contribution in [3.63, 3.8) is 0 Å². The summed E-state index contributed by atoms with van der Waals surface area (Å²) in [4.78, 5) is 3.30. The van der Waals surface area contributed by atoms with Crippen molar-refractivity contribution in [2.24, 2.45) is 0 Å². The average Bonchev–Trinajstić information content (AvgIpc) is 3.82. The summed E-state index contributed by atoms with van der Waals surface area (Å²) in [6, 6.07) is 5.67. The van der Waals surface area contributed by atoms with E-state index in [9.17, 15) is 0 Å². The monoisotopic (exact) mass is 565 g/mol. The number of benzene rings is 1. The highest BCUT2D eigenvalue weighted by molar-refractivity contribution is 7.04. The Bertz CT molecular complexity index is 2000. The van der Waals surface area contributed by atoms with Crippen LogP contribution in [0.25, 0.3) is 78.7 Å². The van der Waals surface area contributed by atoms with Crippen LogP contribution < -0.4 is 0 Å². The second kappa shape index (κ2) is 8.99. The summed E-state index contributed by atoms with van der Waals surface area (Å²) in [5, 5.41) is 52.3. The minimum atomic E-state index is 0.364. The lowest BCUT2D eigenvalue weighted by Crippen LogP contribution is -2.04. The first-order chi connectivity index (χ1) is 19.9. The molecular weight excluding hydrogens is 554 g/mol. The Kier molecular flexibility index (Phi) is 5.03. The summed E-state index contributed by atoms with van der Waals surface area (Å²) in [6.07, 6.45) is 4.96. The van der Waals surface area contributed by atoms with Crippen molar-refractivity contribution >= 4 is 34.0 Å². The molecule has 1 aromatic carbocycles. The van der Waals surface area contributed by atoms with Crippen molar-refractivity contribution in [3.05, 3.63) is 47.6 Å². The Morgan fingerprint density at radius 2 is 1.75 bits per heavy atom. The lowest BCUT2D eigenvalue weighted by atomic mass is 9.84. The van der Waals surface area contributed by atoms with E-state index >= 15 is 0 Å². The third kappa shape index (κ3) is 3.36. The highest BCUT2D eigenvalue weighted by atomic mass is 32.1. The zero-order valence-electron chi connectivity index (χ0n) is 19.7. The molecule has 0 radical (unpaired) electrons. The zero-order chi connectivity index (χ0) is 26.5. The van der Waals surface area contributed by atoms with Crippen LogP contribution >= 0.6 is 23.1 Å². The van der Waals surface area contributed by atoms with E-state index in [-0.39, 0.29) is 0 Å². The molecule has 0 unspecified atom stereocenters. The van der Waals surface area contributed by atoms with E-state index in [0.717, 1.165) is 5.69 Å². The summed E-state index contributed by atoms with van der Waals surface area (Å²) < 4.78 is 13.9. The van der Waals surface area contributed by atoms with Crippen LogP contribution in [-0.4, -0.2) is 75.5 Å². The topological polar surface area (TPSA) is 215 Å². The summed E-state index contributed by atoms with van der Waals surface area (Å²) in [7, 11) is 0. The number of rotatable bonds is 6. The van der Waals surface area contributed by atoms with Gasteiger partial charge in [0, 0.05) is 55.6 Å². The number of aromatic amines is 3. The van der Waals surface area contributed by atoms with Crippen LogP contribution in [0.4, 0.5) is 0 Å². The number of nitrogens with one attached hydrogen (secondary N) is 3. The minimum absolute atomic E-state index is 0.364. The Morgan fingerprint density at radius 3 is 2.45 bits per heavy atom. The van der Waals surface area contributed by atoms with Gasteiger partial charge in [0.25, 0.3) is 0 Å². The van der Waals surface area contributed by atoms with Crippen LogP contribution in [0.2, 0.25) is 0 Å². The lowest BCUT2D eigenvalue weighted by molar-refractivity contribution is 0.393. The van der Waals surface area contributed by atoms with Crippen molar-refractivity contribution < 1.29 is 4.52 Å². The first kappa shape index (κ1) is 22.4. The lowest BCUT2D eigenvalue weighted by Gasteiger charge is -2.20. The molecular formula is C22H11N15OS2. The van der Waals surface area contributed by atoms with E-state index in [1.807, 2.05) is 35.2 Å². The van der Waals surface area contributed by atoms with Gasteiger partial charge in [0.2, 0.25) is 0 Å². The Morgan fingerprint density at radius 1 is 0.775 bits per heavy atom. The van der Waals surface area contributed by atoms with Gasteiger partial charge in [-0.05, 0) is 51.7 Å². The first-order valence-corrected chi connectivity index (χ1v) is 13.2. The predicted molar refractivity (Wildman–Crippen MR) is 141 cm³/mol. The number of hydrogen-bond acceptors (Lipinski definition) is 15. The van der Waals surface area contributed by atoms with Gasteiger partial charge in [-0.3, -0.25) is 5.10 Å². The van der Waals surface area contributed by atoms with Crippen LogP contribution in [0, 0.1) is 0 Å². The molecule has 0 bridgehead atoms. The molecule has 3 N–H and O–H groups in total. The van der Waals surface area contributed by atoms with Crippen molar-refractivity contribution in [2.45, 2.75) is 0 Å².